The molecule has 0 aliphatic heterocycles. The second kappa shape index (κ2) is 20.4. The molecule has 252 valence electrons. The van der Waals surface area contributed by atoms with Crippen molar-refractivity contribution < 1.29 is 19.5 Å². The summed E-state index contributed by atoms with van der Waals surface area (Å²) in [7, 11) is -1.57. The molecule has 0 N–H and O–H groups in total. The van der Waals surface area contributed by atoms with Crippen molar-refractivity contribution >= 4 is 37.1 Å². The summed E-state index contributed by atoms with van der Waals surface area (Å²) in [4.78, 5) is 9.04. The van der Waals surface area contributed by atoms with Crippen molar-refractivity contribution in [3.63, 3.8) is 0 Å². The van der Waals surface area contributed by atoms with Gasteiger partial charge >= 0.3 is 0 Å². The molecule has 2 atom stereocenters. The molecule has 4 aromatic carbocycles. The SMILES string of the molecule is CCC(C)c1ccc(-c2cc(C(C)CC)ccn2)nc1.[Ru].c1ccc([PH+](CC[PH+](c2ccccc2)c2ccccc2)c2ccccc2)cc1. The Kier molecular flexibility index (Phi) is 16.0. The summed E-state index contributed by atoms with van der Waals surface area (Å²) < 4.78 is 0. The number of pyridine rings is 2. The van der Waals surface area contributed by atoms with E-state index in [9.17, 15) is 0 Å². The molecule has 0 fully saturated rings. The number of hydrogen-bond donors (Lipinski definition) is 0. The monoisotopic (exact) mass is 770 g/mol. The summed E-state index contributed by atoms with van der Waals surface area (Å²) in [5.41, 5.74) is 4.57. The van der Waals surface area contributed by atoms with E-state index in [4.69, 9.17) is 0 Å². The maximum Gasteiger partial charge on any atom is 0.101 e. The molecular formula is C44H50N2P2Ru+2. The number of rotatable bonds is 12. The molecule has 49 heavy (non-hydrogen) atoms. The van der Waals surface area contributed by atoms with E-state index in [0.717, 1.165) is 24.2 Å². The smallest absolute Gasteiger partial charge is 0.101 e. The van der Waals surface area contributed by atoms with Crippen LogP contribution < -0.4 is 21.2 Å². The zero-order valence-corrected chi connectivity index (χ0v) is 33.0. The number of nitrogens with zero attached hydrogens (tertiary/aromatic N) is 2. The van der Waals surface area contributed by atoms with Crippen LogP contribution in [0.4, 0.5) is 0 Å². The van der Waals surface area contributed by atoms with E-state index in [0.29, 0.717) is 11.8 Å². The molecule has 6 rings (SSSR count). The molecule has 2 unspecified atom stereocenters. The molecule has 0 bridgehead atoms. The molecule has 0 aliphatic carbocycles. The summed E-state index contributed by atoms with van der Waals surface area (Å²) in [5, 5.41) is 6.06. The molecular weight excluding hydrogens is 720 g/mol. The minimum atomic E-state index is -0.783. The van der Waals surface area contributed by atoms with E-state index < -0.39 is 15.8 Å². The molecule has 6 aromatic rings. The summed E-state index contributed by atoms with van der Waals surface area (Å²) >= 11 is 0. The van der Waals surface area contributed by atoms with E-state index in [1.165, 1.54) is 44.7 Å². The second-order valence-electron chi connectivity index (χ2n) is 12.5. The Morgan fingerprint density at radius 2 is 0.878 bits per heavy atom. The van der Waals surface area contributed by atoms with Crippen LogP contribution in [0.25, 0.3) is 11.4 Å². The van der Waals surface area contributed by atoms with Gasteiger partial charge in [-0.15, -0.1) is 0 Å². The Labute approximate surface area is 310 Å². The zero-order valence-electron chi connectivity index (χ0n) is 29.2. The van der Waals surface area contributed by atoms with Gasteiger partial charge < -0.3 is 0 Å². The van der Waals surface area contributed by atoms with Crippen molar-refractivity contribution in [1.82, 2.24) is 9.97 Å². The Balaban J connectivity index is 0.000000229. The van der Waals surface area contributed by atoms with Crippen LogP contribution in [-0.4, -0.2) is 22.3 Å². The maximum atomic E-state index is 4.58. The molecule has 0 radical (unpaired) electrons. The van der Waals surface area contributed by atoms with Gasteiger partial charge in [0.15, 0.2) is 0 Å². The van der Waals surface area contributed by atoms with Crippen LogP contribution in [0.1, 0.15) is 63.5 Å². The fourth-order valence-corrected chi connectivity index (χ4v) is 12.1. The Hall–Kier alpha value is -3.34. The predicted molar refractivity (Wildman–Crippen MR) is 216 cm³/mol. The van der Waals surface area contributed by atoms with Crippen LogP contribution in [0.5, 0.6) is 0 Å². The van der Waals surface area contributed by atoms with Gasteiger partial charge in [-0.2, -0.15) is 0 Å². The summed E-state index contributed by atoms with van der Waals surface area (Å²) in [6.45, 7) is 8.90. The van der Waals surface area contributed by atoms with Crippen molar-refractivity contribution in [3.05, 3.63) is 169 Å². The normalized spacial score (nSPS) is 12.0. The largest absolute Gasteiger partial charge is 0.255 e. The quantitative estimate of drug-likeness (QED) is 0.0916. The van der Waals surface area contributed by atoms with Gasteiger partial charge in [0, 0.05) is 31.9 Å². The molecule has 0 saturated carbocycles. The third-order valence-corrected chi connectivity index (χ3v) is 15.4. The topological polar surface area (TPSA) is 25.8 Å². The minimum Gasteiger partial charge on any atom is -0.255 e. The van der Waals surface area contributed by atoms with E-state index in [1.807, 2.05) is 12.4 Å². The van der Waals surface area contributed by atoms with Crippen molar-refractivity contribution in [3.8, 4) is 11.4 Å². The van der Waals surface area contributed by atoms with Crippen molar-refractivity contribution in [1.29, 1.82) is 0 Å². The fraction of sp³-hybridized carbons (Fsp3) is 0.227. The molecule has 0 aliphatic rings. The van der Waals surface area contributed by atoms with Gasteiger partial charge in [-0.05, 0) is 103 Å². The summed E-state index contributed by atoms with van der Waals surface area (Å²) in [6, 6.07) is 53.0. The molecule has 2 aromatic heterocycles. The molecule has 0 amide bonds. The van der Waals surface area contributed by atoms with Gasteiger partial charge in [-0.3, -0.25) is 9.97 Å². The first-order valence-corrected chi connectivity index (χ1v) is 20.8. The standard InChI is InChI=1S/C26H24P2.C18H24N2.Ru/c1-5-13-23(14-6-1)27(24-15-7-2-8-16-24)21-22-28(25-17-9-3-10-18-25)26-19-11-4-12-20-26;1-5-13(3)15-9-10-19-18(11-15)17-8-7-16(12-20-17)14(4)6-2;/h1-20H,21-22H2;7-14H,5-6H2,1-4H3;/p+2. The van der Waals surface area contributed by atoms with E-state index in [-0.39, 0.29) is 19.5 Å². The van der Waals surface area contributed by atoms with Gasteiger partial charge in [-0.25, -0.2) is 0 Å². The van der Waals surface area contributed by atoms with E-state index >= 15 is 0 Å². The number of aromatic nitrogens is 2. The van der Waals surface area contributed by atoms with Crippen LogP contribution in [0.15, 0.2) is 158 Å². The van der Waals surface area contributed by atoms with Crippen molar-refractivity contribution in [2.45, 2.75) is 52.4 Å². The maximum absolute atomic E-state index is 4.58. The van der Waals surface area contributed by atoms with Crippen molar-refractivity contribution in [2.24, 2.45) is 0 Å². The average molecular weight is 770 g/mol. The Bertz CT molecular complexity index is 1610. The minimum absolute atomic E-state index is 0. The first kappa shape index (κ1) is 38.5. The summed E-state index contributed by atoms with van der Waals surface area (Å²) in [6.07, 6.45) is 8.68. The Morgan fingerprint density at radius 3 is 1.24 bits per heavy atom. The van der Waals surface area contributed by atoms with Gasteiger partial charge in [-0.1, -0.05) is 107 Å². The second-order valence-corrected chi connectivity index (χ2v) is 17.7. The fourth-order valence-electron chi connectivity index (χ4n) is 5.93. The number of benzene rings is 4. The first-order chi connectivity index (χ1) is 23.6. The third kappa shape index (κ3) is 11.1. The van der Waals surface area contributed by atoms with E-state index in [2.05, 4.69) is 183 Å². The molecule has 0 saturated heterocycles. The van der Waals surface area contributed by atoms with Gasteiger partial charge in [0.05, 0.1) is 48.4 Å². The summed E-state index contributed by atoms with van der Waals surface area (Å²) in [5.74, 6) is 1.13. The van der Waals surface area contributed by atoms with Crippen LogP contribution in [0, 0.1) is 0 Å². The molecule has 2 heterocycles. The number of hydrogen-bond acceptors (Lipinski definition) is 2. The predicted octanol–water partition coefficient (Wildman–Crippen LogP) is 9.88. The third-order valence-electron chi connectivity index (χ3n) is 9.31. The van der Waals surface area contributed by atoms with Crippen LogP contribution >= 0.6 is 15.8 Å². The van der Waals surface area contributed by atoms with Gasteiger partial charge in [0.25, 0.3) is 0 Å². The van der Waals surface area contributed by atoms with Crippen LogP contribution in [0.3, 0.4) is 0 Å². The average Bonchev–Trinajstić information content (AvgIpc) is 3.17. The molecule has 0 spiro atoms. The van der Waals surface area contributed by atoms with E-state index in [1.54, 1.807) is 0 Å². The molecule has 2 nitrogen and oxygen atoms in total. The van der Waals surface area contributed by atoms with Crippen molar-refractivity contribution in [2.75, 3.05) is 12.3 Å². The molecule has 5 heteroatoms. The Morgan fingerprint density at radius 1 is 0.469 bits per heavy atom. The van der Waals surface area contributed by atoms with Crippen LogP contribution in [0.2, 0.25) is 0 Å². The van der Waals surface area contributed by atoms with Crippen LogP contribution in [-0.2, 0) is 19.5 Å². The van der Waals surface area contributed by atoms with Gasteiger partial charge in [0.1, 0.15) is 12.3 Å². The zero-order chi connectivity index (χ0) is 33.6. The first-order valence-electron chi connectivity index (χ1n) is 17.4. The van der Waals surface area contributed by atoms with Gasteiger partial charge in [0.2, 0.25) is 0 Å².